The lowest BCUT2D eigenvalue weighted by Gasteiger charge is -2.26. The number of hydrogen-bond acceptors (Lipinski definition) is 5. The van der Waals surface area contributed by atoms with Crippen LogP contribution < -0.4 is 16.6 Å². The molecule has 4 N–H and O–H groups in total. The van der Waals surface area contributed by atoms with Crippen LogP contribution in [0.4, 0.5) is 17.5 Å². The molecule has 2 heterocycles. The van der Waals surface area contributed by atoms with Crippen LogP contribution in [0.2, 0.25) is 0 Å². The molecule has 1 aliphatic rings. The van der Waals surface area contributed by atoms with Crippen molar-refractivity contribution >= 4 is 23.7 Å². The highest BCUT2D eigenvalue weighted by Gasteiger charge is 2.23. The van der Waals surface area contributed by atoms with Gasteiger partial charge < -0.3 is 11.1 Å². The van der Waals surface area contributed by atoms with Gasteiger partial charge in [0.05, 0.1) is 5.54 Å². The maximum atomic E-state index is 11.5. The summed E-state index contributed by atoms with van der Waals surface area (Å²) in [6.07, 6.45) is 1.70. The molecule has 6 nitrogen and oxygen atoms in total. The zero-order chi connectivity index (χ0) is 10.3. The number of nitrogens with one attached hydrogen (secondary N) is 2. The van der Waals surface area contributed by atoms with Crippen LogP contribution in [0.1, 0.15) is 13.8 Å². The molecular weight excluding hydrogens is 182 g/mol. The third-order valence-electron chi connectivity index (χ3n) is 1.88. The van der Waals surface area contributed by atoms with Crippen molar-refractivity contribution < 1.29 is 0 Å². The first-order valence-electron chi connectivity index (χ1n) is 4.21. The van der Waals surface area contributed by atoms with Crippen molar-refractivity contribution in [3.63, 3.8) is 0 Å². The summed E-state index contributed by atoms with van der Waals surface area (Å²) in [7, 11) is 0. The quantitative estimate of drug-likeness (QED) is 0.550. The second kappa shape index (κ2) is 2.57. The van der Waals surface area contributed by atoms with Crippen molar-refractivity contribution in [1.82, 2.24) is 9.97 Å². The van der Waals surface area contributed by atoms with Gasteiger partial charge in [0.2, 0.25) is 5.95 Å². The predicted octanol–water partition coefficient (Wildman–Crippen LogP) is 0.259. The predicted molar refractivity (Wildman–Crippen MR) is 55.1 cm³/mol. The standard InChI is InChI=1S/C8H11N5O/c1-8(2)3-10-5-4(13-8)6(14)12-7(9)11-5/h3,13H,1-2H3,(H3,9,11,12,14). The zero-order valence-electron chi connectivity index (χ0n) is 7.96. The molecule has 14 heavy (non-hydrogen) atoms. The summed E-state index contributed by atoms with van der Waals surface area (Å²) >= 11 is 0. The smallest absolute Gasteiger partial charge is 0.277 e. The maximum absolute atomic E-state index is 11.5. The van der Waals surface area contributed by atoms with Gasteiger partial charge in [0.1, 0.15) is 5.69 Å². The molecule has 1 aliphatic heterocycles. The number of nitrogens with zero attached hydrogens (tertiary/aromatic N) is 2. The highest BCUT2D eigenvalue weighted by molar-refractivity contribution is 5.84. The Morgan fingerprint density at radius 2 is 2.21 bits per heavy atom. The Balaban J connectivity index is 2.62. The first-order valence-corrected chi connectivity index (χ1v) is 4.21. The van der Waals surface area contributed by atoms with E-state index >= 15 is 0 Å². The highest BCUT2D eigenvalue weighted by atomic mass is 16.1. The average Bonchev–Trinajstić information content (AvgIpc) is 2.06. The Morgan fingerprint density at radius 3 is 2.93 bits per heavy atom. The lowest BCUT2D eigenvalue weighted by Crippen LogP contribution is -2.37. The summed E-state index contributed by atoms with van der Waals surface area (Å²) < 4.78 is 0. The third kappa shape index (κ3) is 1.34. The van der Waals surface area contributed by atoms with Gasteiger partial charge in [-0.15, -0.1) is 0 Å². The fourth-order valence-corrected chi connectivity index (χ4v) is 1.26. The zero-order valence-corrected chi connectivity index (χ0v) is 7.96. The Labute approximate surface area is 80.3 Å². The topological polar surface area (TPSA) is 96.2 Å². The van der Waals surface area contributed by atoms with E-state index in [9.17, 15) is 4.79 Å². The average molecular weight is 193 g/mol. The summed E-state index contributed by atoms with van der Waals surface area (Å²) in [5.41, 5.74) is 5.12. The van der Waals surface area contributed by atoms with Gasteiger partial charge in [-0.3, -0.25) is 9.78 Å². The van der Waals surface area contributed by atoms with Gasteiger partial charge in [-0.1, -0.05) is 0 Å². The Morgan fingerprint density at radius 1 is 1.50 bits per heavy atom. The fraction of sp³-hybridized carbons (Fsp3) is 0.375. The van der Waals surface area contributed by atoms with Crippen LogP contribution in [0.3, 0.4) is 0 Å². The number of H-pyrrole nitrogens is 1. The lowest BCUT2D eigenvalue weighted by atomic mass is 10.1. The lowest BCUT2D eigenvalue weighted by molar-refractivity contribution is 0.762. The first kappa shape index (κ1) is 8.74. The van der Waals surface area contributed by atoms with E-state index in [4.69, 9.17) is 5.73 Å². The SMILES string of the molecule is CC1(C)C=Nc2nc(N)[nH]c(=O)c2N1. The van der Waals surface area contributed by atoms with Crippen molar-refractivity contribution in [3.8, 4) is 0 Å². The molecule has 1 aromatic rings. The Bertz CT molecular complexity index is 459. The van der Waals surface area contributed by atoms with Gasteiger partial charge in [-0.25, -0.2) is 4.99 Å². The van der Waals surface area contributed by atoms with Crippen LogP contribution >= 0.6 is 0 Å². The van der Waals surface area contributed by atoms with Crippen LogP contribution in [0.25, 0.3) is 0 Å². The summed E-state index contributed by atoms with van der Waals surface area (Å²) in [6, 6.07) is 0. The van der Waals surface area contributed by atoms with Gasteiger partial charge >= 0.3 is 0 Å². The van der Waals surface area contributed by atoms with Crippen molar-refractivity contribution in [2.75, 3.05) is 11.1 Å². The van der Waals surface area contributed by atoms with Crippen LogP contribution in [0.5, 0.6) is 0 Å². The van der Waals surface area contributed by atoms with E-state index < -0.39 is 0 Å². The maximum Gasteiger partial charge on any atom is 0.277 e. The molecule has 0 aliphatic carbocycles. The fourth-order valence-electron chi connectivity index (χ4n) is 1.26. The van der Waals surface area contributed by atoms with Crippen LogP contribution in [0.15, 0.2) is 9.79 Å². The second-order valence-electron chi connectivity index (χ2n) is 3.75. The van der Waals surface area contributed by atoms with Gasteiger partial charge in [0, 0.05) is 6.21 Å². The van der Waals surface area contributed by atoms with Crippen molar-refractivity contribution in [1.29, 1.82) is 0 Å². The van der Waals surface area contributed by atoms with E-state index in [1.807, 2.05) is 13.8 Å². The van der Waals surface area contributed by atoms with E-state index in [0.29, 0.717) is 11.5 Å². The molecule has 1 aromatic heterocycles. The number of aromatic nitrogens is 2. The molecule has 0 amide bonds. The summed E-state index contributed by atoms with van der Waals surface area (Å²) in [6.45, 7) is 3.82. The monoisotopic (exact) mass is 193 g/mol. The van der Waals surface area contributed by atoms with Gasteiger partial charge in [0.25, 0.3) is 5.56 Å². The molecule has 0 fully saturated rings. The molecule has 2 rings (SSSR count). The van der Waals surface area contributed by atoms with E-state index in [2.05, 4.69) is 20.3 Å². The number of hydrogen-bond donors (Lipinski definition) is 3. The van der Waals surface area contributed by atoms with Crippen molar-refractivity contribution in [3.05, 3.63) is 10.4 Å². The number of nitrogen functional groups attached to an aromatic ring is 1. The van der Waals surface area contributed by atoms with E-state index in [1.54, 1.807) is 6.21 Å². The van der Waals surface area contributed by atoms with Crippen LogP contribution in [-0.4, -0.2) is 21.7 Å². The largest absolute Gasteiger partial charge is 0.369 e. The number of anilines is 2. The minimum Gasteiger partial charge on any atom is -0.369 e. The van der Waals surface area contributed by atoms with Crippen molar-refractivity contribution in [2.24, 2.45) is 4.99 Å². The molecule has 0 aromatic carbocycles. The van der Waals surface area contributed by atoms with Gasteiger partial charge in [-0.2, -0.15) is 4.98 Å². The summed E-state index contributed by atoms with van der Waals surface area (Å²) in [5, 5.41) is 3.02. The molecule has 0 saturated heterocycles. The number of nitrogens with two attached hydrogens (primary N) is 1. The van der Waals surface area contributed by atoms with Crippen LogP contribution in [-0.2, 0) is 0 Å². The third-order valence-corrected chi connectivity index (χ3v) is 1.88. The molecule has 0 saturated carbocycles. The minimum atomic E-state index is -0.336. The summed E-state index contributed by atoms with van der Waals surface area (Å²) in [5.74, 6) is 0.415. The van der Waals surface area contributed by atoms with Crippen LogP contribution in [0, 0.1) is 0 Å². The van der Waals surface area contributed by atoms with Crippen molar-refractivity contribution in [2.45, 2.75) is 19.4 Å². The molecule has 0 atom stereocenters. The molecule has 0 radical (unpaired) electrons. The number of aliphatic imine (C=N–C) groups is 1. The molecule has 74 valence electrons. The first-order chi connectivity index (χ1) is 6.48. The van der Waals surface area contributed by atoms with E-state index in [-0.39, 0.29) is 17.0 Å². The normalized spacial score (nSPS) is 17.3. The molecule has 0 spiro atoms. The molecule has 0 bridgehead atoms. The molecule has 0 unspecified atom stereocenters. The highest BCUT2D eigenvalue weighted by Crippen LogP contribution is 2.25. The van der Waals surface area contributed by atoms with E-state index in [1.165, 1.54) is 0 Å². The van der Waals surface area contributed by atoms with E-state index in [0.717, 1.165) is 0 Å². The molecular formula is C8H11N5O. The second-order valence-corrected chi connectivity index (χ2v) is 3.75. The number of aromatic amines is 1. The minimum absolute atomic E-state index is 0.0763. The Hall–Kier alpha value is -1.85. The number of fused-ring (bicyclic) bond motifs is 1. The van der Waals surface area contributed by atoms with Gasteiger partial charge in [-0.05, 0) is 13.8 Å². The Kier molecular flexibility index (Phi) is 1.60. The van der Waals surface area contributed by atoms with Gasteiger partial charge in [0.15, 0.2) is 5.82 Å². The number of rotatable bonds is 0. The summed E-state index contributed by atoms with van der Waals surface area (Å²) in [4.78, 5) is 21.8. The molecule has 6 heteroatoms.